The standard InChI is InChI=1S/C23H19N3O3/c1-29-20-13-9-18(10-14-20)25-26-22(17-5-3-2-4-6-17)24-21(23(26)28)15-16-7-11-19(27)12-8-16/h2-15,25,27H,1H3. The number of phenols is 1. The van der Waals surface area contributed by atoms with Crippen molar-refractivity contribution in [2.45, 2.75) is 0 Å². The van der Waals surface area contributed by atoms with E-state index in [2.05, 4.69) is 10.4 Å². The van der Waals surface area contributed by atoms with Crippen LogP contribution >= 0.6 is 0 Å². The average Bonchev–Trinajstić information content (AvgIpc) is 3.06. The van der Waals surface area contributed by atoms with Crippen LogP contribution in [-0.4, -0.2) is 29.0 Å². The fraction of sp³-hybridized carbons (Fsp3) is 0.0435. The second-order valence-corrected chi connectivity index (χ2v) is 6.40. The molecule has 3 aromatic rings. The highest BCUT2D eigenvalue weighted by molar-refractivity contribution is 6.20. The van der Waals surface area contributed by atoms with Crippen molar-refractivity contribution >= 4 is 23.5 Å². The van der Waals surface area contributed by atoms with Crippen molar-refractivity contribution in [2.24, 2.45) is 4.99 Å². The molecule has 2 N–H and O–H groups in total. The molecular formula is C23H19N3O3. The first-order chi connectivity index (χ1) is 14.1. The first kappa shape index (κ1) is 18.3. The zero-order valence-corrected chi connectivity index (χ0v) is 15.7. The van der Waals surface area contributed by atoms with Crippen molar-refractivity contribution < 1.29 is 14.6 Å². The predicted molar refractivity (Wildman–Crippen MR) is 113 cm³/mol. The van der Waals surface area contributed by atoms with E-state index in [9.17, 15) is 9.90 Å². The zero-order valence-electron chi connectivity index (χ0n) is 15.7. The van der Waals surface area contributed by atoms with Gasteiger partial charge in [0.25, 0.3) is 5.91 Å². The van der Waals surface area contributed by atoms with Crippen LogP contribution in [0, 0.1) is 0 Å². The van der Waals surface area contributed by atoms with Crippen LogP contribution in [0.25, 0.3) is 6.08 Å². The number of anilines is 1. The molecule has 3 aromatic carbocycles. The fourth-order valence-corrected chi connectivity index (χ4v) is 2.92. The van der Waals surface area contributed by atoms with Gasteiger partial charge in [0.1, 0.15) is 17.2 Å². The summed E-state index contributed by atoms with van der Waals surface area (Å²) < 4.78 is 5.18. The van der Waals surface area contributed by atoms with Crippen molar-refractivity contribution in [3.8, 4) is 11.5 Å². The number of carbonyl (C=O) groups is 1. The number of hydrogen-bond donors (Lipinski definition) is 2. The van der Waals surface area contributed by atoms with Crippen LogP contribution in [0.1, 0.15) is 11.1 Å². The number of benzene rings is 3. The van der Waals surface area contributed by atoms with Crippen LogP contribution < -0.4 is 10.2 Å². The van der Waals surface area contributed by atoms with Crippen molar-refractivity contribution in [1.29, 1.82) is 0 Å². The maximum absolute atomic E-state index is 13.1. The van der Waals surface area contributed by atoms with Gasteiger partial charge in [0.15, 0.2) is 5.84 Å². The van der Waals surface area contributed by atoms with Crippen LogP contribution in [0.2, 0.25) is 0 Å². The van der Waals surface area contributed by atoms with E-state index in [0.29, 0.717) is 11.5 Å². The van der Waals surface area contributed by atoms with Gasteiger partial charge in [0.2, 0.25) is 0 Å². The third-order valence-electron chi connectivity index (χ3n) is 4.42. The molecule has 0 aromatic heterocycles. The van der Waals surface area contributed by atoms with Gasteiger partial charge < -0.3 is 9.84 Å². The Kier molecular flexibility index (Phi) is 4.99. The summed E-state index contributed by atoms with van der Waals surface area (Å²) >= 11 is 0. The summed E-state index contributed by atoms with van der Waals surface area (Å²) in [7, 11) is 1.60. The number of phenolic OH excluding ortho intramolecular Hbond substituents is 1. The minimum Gasteiger partial charge on any atom is -0.508 e. The molecule has 29 heavy (non-hydrogen) atoms. The summed E-state index contributed by atoms with van der Waals surface area (Å²) in [5.74, 6) is 1.14. The Morgan fingerprint density at radius 2 is 1.66 bits per heavy atom. The zero-order chi connectivity index (χ0) is 20.2. The third-order valence-corrected chi connectivity index (χ3v) is 4.42. The first-order valence-corrected chi connectivity index (χ1v) is 9.04. The molecule has 0 saturated carbocycles. The van der Waals surface area contributed by atoms with Gasteiger partial charge in [0, 0.05) is 5.56 Å². The van der Waals surface area contributed by atoms with E-state index in [1.807, 2.05) is 54.6 Å². The van der Waals surface area contributed by atoms with Crippen molar-refractivity contribution in [3.63, 3.8) is 0 Å². The lowest BCUT2D eigenvalue weighted by Crippen LogP contribution is -2.37. The van der Waals surface area contributed by atoms with Crippen LogP contribution in [0.3, 0.4) is 0 Å². The van der Waals surface area contributed by atoms with E-state index >= 15 is 0 Å². The first-order valence-electron chi connectivity index (χ1n) is 9.04. The highest BCUT2D eigenvalue weighted by Gasteiger charge is 2.31. The molecule has 0 spiro atoms. The Balaban J connectivity index is 1.69. The van der Waals surface area contributed by atoms with Gasteiger partial charge in [-0.15, -0.1) is 0 Å². The van der Waals surface area contributed by atoms with Gasteiger partial charge in [-0.05, 0) is 48.0 Å². The lowest BCUT2D eigenvalue weighted by molar-refractivity contribution is -0.121. The summed E-state index contributed by atoms with van der Waals surface area (Å²) in [5, 5.41) is 10.9. The quantitative estimate of drug-likeness (QED) is 0.650. The molecule has 0 aliphatic carbocycles. The number of hydrazine groups is 1. The van der Waals surface area contributed by atoms with E-state index in [1.54, 1.807) is 37.5 Å². The molecule has 144 valence electrons. The molecule has 1 heterocycles. The smallest absolute Gasteiger partial charge is 0.297 e. The minimum atomic E-state index is -0.271. The van der Waals surface area contributed by atoms with Gasteiger partial charge in [0.05, 0.1) is 12.8 Å². The SMILES string of the molecule is COc1ccc(NN2C(=O)C(=Cc3ccc(O)cc3)N=C2c2ccccc2)cc1. The van der Waals surface area contributed by atoms with E-state index < -0.39 is 0 Å². The molecular weight excluding hydrogens is 366 g/mol. The number of amidine groups is 1. The van der Waals surface area contributed by atoms with E-state index in [1.165, 1.54) is 5.01 Å². The number of nitrogens with one attached hydrogen (secondary N) is 1. The average molecular weight is 385 g/mol. The molecule has 0 atom stereocenters. The highest BCUT2D eigenvalue weighted by Crippen LogP contribution is 2.24. The number of methoxy groups -OCH3 is 1. The normalized spacial score (nSPS) is 14.8. The lowest BCUT2D eigenvalue weighted by atomic mass is 10.2. The largest absolute Gasteiger partial charge is 0.508 e. The van der Waals surface area contributed by atoms with E-state index in [0.717, 1.165) is 22.6 Å². The fourth-order valence-electron chi connectivity index (χ4n) is 2.92. The molecule has 0 saturated heterocycles. The molecule has 6 nitrogen and oxygen atoms in total. The molecule has 0 fully saturated rings. The van der Waals surface area contributed by atoms with Gasteiger partial charge >= 0.3 is 0 Å². The Bertz CT molecular complexity index is 1070. The number of amides is 1. The lowest BCUT2D eigenvalue weighted by Gasteiger charge is -2.20. The number of carbonyl (C=O) groups excluding carboxylic acids is 1. The number of aromatic hydroxyl groups is 1. The molecule has 6 heteroatoms. The molecule has 1 amide bonds. The van der Waals surface area contributed by atoms with Gasteiger partial charge in [-0.2, -0.15) is 5.01 Å². The number of ether oxygens (including phenoxy) is 1. The second kappa shape index (κ2) is 7.90. The van der Waals surface area contributed by atoms with E-state index in [-0.39, 0.29) is 11.7 Å². The molecule has 1 aliphatic rings. The van der Waals surface area contributed by atoms with Crippen molar-refractivity contribution in [1.82, 2.24) is 5.01 Å². The highest BCUT2D eigenvalue weighted by atomic mass is 16.5. The topological polar surface area (TPSA) is 74.2 Å². The number of hydrogen-bond acceptors (Lipinski definition) is 5. The summed E-state index contributed by atoms with van der Waals surface area (Å²) in [5.41, 5.74) is 5.75. The van der Waals surface area contributed by atoms with Crippen LogP contribution in [0.4, 0.5) is 5.69 Å². The van der Waals surface area contributed by atoms with Crippen molar-refractivity contribution in [3.05, 3.63) is 95.7 Å². The van der Waals surface area contributed by atoms with Crippen LogP contribution in [-0.2, 0) is 4.79 Å². The minimum absolute atomic E-state index is 0.168. The summed E-state index contributed by atoms with van der Waals surface area (Å²) in [6.07, 6.45) is 1.69. The molecule has 0 bridgehead atoms. The van der Waals surface area contributed by atoms with Crippen LogP contribution in [0.15, 0.2) is 89.6 Å². The number of aliphatic imine (C=N–C) groups is 1. The van der Waals surface area contributed by atoms with E-state index in [4.69, 9.17) is 4.74 Å². The summed E-state index contributed by atoms with van der Waals surface area (Å²) in [6.45, 7) is 0. The maximum atomic E-state index is 13.1. The van der Waals surface area contributed by atoms with Crippen molar-refractivity contribution in [2.75, 3.05) is 12.5 Å². The molecule has 0 radical (unpaired) electrons. The van der Waals surface area contributed by atoms with Gasteiger partial charge in [-0.25, -0.2) is 4.99 Å². The Morgan fingerprint density at radius 3 is 2.31 bits per heavy atom. The Morgan fingerprint density at radius 1 is 0.966 bits per heavy atom. The molecule has 0 unspecified atom stereocenters. The summed E-state index contributed by atoms with van der Waals surface area (Å²) in [6, 6.07) is 23.4. The van der Waals surface area contributed by atoms with Gasteiger partial charge in [-0.3, -0.25) is 10.2 Å². The summed E-state index contributed by atoms with van der Waals surface area (Å²) in [4.78, 5) is 17.7. The maximum Gasteiger partial charge on any atom is 0.297 e. The van der Waals surface area contributed by atoms with Crippen LogP contribution in [0.5, 0.6) is 11.5 Å². The predicted octanol–water partition coefficient (Wildman–Crippen LogP) is 4.06. The number of nitrogens with zero attached hydrogens (tertiary/aromatic N) is 2. The second-order valence-electron chi connectivity index (χ2n) is 6.40. The third kappa shape index (κ3) is 3.96. The molecule has 4 rings (SSSR count). The Labute approximate surface area is 168 Å². The number of rotatable bonds is 5. The van der Waals surface area contributed by atoms with Gasteiger partial charge in [-0.1, -0.05) is 42.5 Å². The Hall–Kier alpha value is -4.06. The monoisotopic (exact) mass is 385 g/mol. The molecule has 1 aliphatic heterocycles.